The Labute approximate surface area is 195 Å². The third kappa shape index (κ3) is 6.27. The highest BCUT2D eigenvalue weighted by atomic mass is 35.5. The minimum atomic E-state index is -0.863. The first-order chi connectivity index (χ1) is 15.7. The number of imide groups is 1. The van der Waals surface area contributed by atoms with Crippen LogP contribution in [0.2, 0.25) is 5.02 Å². The van der Waals surface area contributed by atoms with Gasteiger partial charge in [0.1, 0.15) is 0 Å². The fourth-order valence-corrected chi connectivity index (χ4v) is 3.22. The first-order valence-electron chi connectivity index (χ1n) is 9.99. The number of urea groups is 1. The summed E-state index contributed by atoms with van der Waals surface area (Å²) in [7, 11) is 0. The highest BCUT2D eigenvalue weighted by Gasteiger charge is 2.20. The average Bonchev–Trinajstić information content (AvgIpc) is 2.79. The van der Waals surface area contributed by atoms with Gasteiger partial charge in [-0.1, -0.05) is 47.5 Å². The quantitative estimate of drug-likeness (QED) is 0.407. The molecule has 3 aromatic rings. The number of hydrogen-bond acceptors (Lipinski definition) is 5. The van der Waals surface area contributed by atoms with E-state index in [0.29, 0.717) is 16.3 Å². The zero-order valence-corrected chi connectivity index (χ0v) is 18.7. The molecule has 8 heteroatoms. The number of carbonyl (C=O) groups excluding carboxylic acids is 4. The second kappa shape index (κ2) is 10.6. The van der Waals surface area contributed by atoms with Crippen LogP contribution in [0.5, 0.6) is 0 Å². The first kappa shape index (κ1) is 23.7. The number of carbonyl (C=O) groups is 4. The topological polar surface area (TPSA) is 102 Å². The molecular weight excluding hydrogens is 444 g/mol. The van der Waals surface area contributed by atoms with Crippen LogP contribution in [0.15, 0.2) is 66.7 Å². The summed E-state index contributed by atoms with van der Waals surface area (Å²) in [4.78, 5) is 49.5. The molecule has 0 aliphatic carbocycles. The Morgan fingerprint density at radius 1 is 0.879 bits per heavy atom. The predicted octanol–water partition coefficient (Wildman–Crippen LogP) is 4.69. The SMILES string of the molecule is Cc1ccc(NC(=O)NC(=O)COC(=O)c2ccccc2C(=O)c2ccc(Cl)cc2)c(C)c1. The lowest BCUT2D eigenvalue weighted by Gasteiger charge is -2.11. The summed E-state index contributed by atoms with van der Waals surface area (Å²) >= 11 is 5.86. The third-order valence-corrected chi connectivity index (χ3v) is 4.97. The lowest BCUT2D eigenvalue weighted by Crippen LogP contribution is -2.37. The summed E-state index contributed by atoms with van der Waals surface area (Å²) < 4.78 is 5.02. The van der Waals surface area contributed by atoms with Gasteiger partial charge in [-0.25, -0.2) is 9.59 Å². The zero-order valence-electron chi connectivity index (χ0n) is 18.0. The molecule has 0 fully saturated rings. The Hall–Kier alpha value is -3.97. The van der Waals surface area contributed by atoms with Crippen LogP contribution in [-0.4, -0.2) is 30.3 Å². The van der Waals surface area contributed by atoms with E-state index < -0.39 is 30.3 Å². The van der Waals surface area contributed by atoms with Crippen LogP contribution in [0.3, 0.4) is 0 Å². The molecule has 0 radical (unpaired) electrons. The van der Waals surface area contributed by atoms with Gasteiger partial charge in [0.2, 0.25) is 0 Å². The second-order valence-electron chi connectivity index (χ2n) is 7.28. The lowest BCUT2D eigenvalue weighted by molar-refractivity contribution is -0.123. The van der Waals surface area contributed by atoms with Gasteiger partial charge in [-0.15, -0.1) is 0 Å². The van der Waals surface area contributed by atoms with E-state index in [2.05, 4.69) is 10.6 Å². The van der Waals surface area contributed by atoms with Crippen LogP contribution in [0.4, 0.5) is 10.5 Å². The van der Waals surface area contributed by atoms with Gasteiger partial charge in [0, 0.05) is 21.8 Å². The number of rotatable bonds is 6. The van der Waals surface area contributed by atoms with E-state index in [4.69, 9.17) is 16.3 Å². The van der Waals surface area contributed by atoms with Gasteiger partial charge in [0.05, 0.1) is 5.56 Å². The molecule has 33 heavy (non-hydrogen) atoms. The molecule has 2 N–H and O–H groups in total. The average molecular weight is 465 g/mol. The molecule has 3 rings (SSSR count). The molecule has 0 atom stereocenters. The fraction of sp³-hybridized carbons (Fsp3) is 0.120. The summed E-state index contributed by atoms with van der Waals surface area (Å²) in [6, 6.07) is 17.1. The Balaban J connectivity index is 1.60. The van der Waals surface area contributed by atoms with Gasteiger partial charge in [-0.05, 0) is 55.8 Å². The third-order valence-electron chi connectivity index (χ3n) is 4.72. The van der Waals surface area contributed by atoms with Gasteiger partial charge in [0.15, 0.2) is 12.4 Å². The van der Waals surface area contributed by atoms with E-state index in [0.717, 1.165) is 11.1 Å². The van der Waals surface area contributed by atoms with Crippen molar-refractivity contribution in [3.63, 3.8) is 0 Å². The van der Waals surface area contributed by atoms with Gasteiger partial charge in [-0.2, -0.15) is 0 Å². The summed E-state index contributed by atoms with van der Waals surface area (Å²) in [6.45, 7) is 3.06. The molecule has 168 valence electrons. The number of benzene rings is 3. The number of ether oxygens (including phenoxy) is 1. The van der Waals surface area contributed by atoms with Crippen molar-refractivity contribution >= 4 is 41.0 Å². The Morgan fingerprint density at radius 3 is 2.21 bits per heavy atom. The Kier molecular flexibility index (Phi) is 7.58. The van der Waals surface area contributed by atoms with Crippen molar-refractivity contribution in [1.82, 2.24) is 5.32 Å². The van der Waals surface area contributed by atoms with E-state index in [1.165, 1.54) is 12.1 Å². The van der Waals surface area contributed by atoms with Crippen LogP contribution >= 0.6 is 11.6 Å². The molecule has 0 aliphatic rings. The van der Waals surface area contributed by atoms with Crippen molar-refractivity contribution in [3.8, 4) is 0 Å². The zero-order chi connectivity index (χ0) is 24.0. The van der Waals surface area contributed by atoms with Gasteiger partial charge in [-0.3, -0.25) is 14.9 Å². The molecule has 0 heterocycles. The number of nitrogens with one attached hydrogen (secondary N) is 2. The maximum Gasteiger partial charge on any atom is 0.339 e. The molecule has 7 nitrogen and oxygen atoms in total. The fourth-order valence-electron chi connectivity index (χ4n) is 3.09. The number of aryl methyl sites for hydroxylation is 2. The lowest BCUT2D eigenvalue weighted by atomic mass is 9.98. The van der Waals surface area contributed by atoms with Gasteiger partial charge in [0.25, 0.3) is 5.91 Å². The van der Waals surface area contributed by atoms with E-state index in [-0.39, 0.29) is 11.1 Å². The summed E-state index contributed by atoms with van der Waals surface area (Å²) in [5.41, 5.74) is 2.91. The van der Waals surface area contributed by atoms with E-state index >= 15 is 0 Å². The van der Waals surface area contributed by atoms with E-state index in [1.807, 2.05) is 26.0 Å². The minimum Gasteiger partial charge on any atom is -0.452 e. The highest BCUT2D eigenvalue weighted by molar-refractivity contribution is 6.30. The monoisotopic (exact) mass is 464 g/mol. The van der Waals surface area contributed by atoms with Crippen molar-refractivity contribution < 1.29 is 23.9 Å². The van der Waals surface area contributed by atoms with E-state index in [9.17, 15) is 19.2 Å². The number of esters is 1. The second-order valence-corrected chi connectivity index (χ2v) is 7.71. The predicted molar refractivity (Wildman–Crippen MR) is 125 cm³/mol. The molecule has 0 saturated heterocycles. The standard InChI is InChI=1S/C25H21ClN2O5/c1-15-7-12-21(16(2)13-15)27-25(32)28-22(29)14-33-24(31)20-6-4-3-5-19(20)23(30)17-8-10-18(26)11-9-17/h3-13H,14H2,1-2H3,(H2,27,28,29,32). The summed E-state index contributed by atoms with van der Waals surface area (Å²) in [5, 5.41) is 5.15. The molecule has 0 bridgehead atoms. The highest BCUT2D eigenvalue weighted by Crippen LogP contribution is 2.18. The largest absolute Gasteiger partial charge is 0.452 e. The molecule has 3 amide bonds. The number of halogens is 1. The normalized spacial score (nSPS) is 10.3. The van der Waals surface area contributed by atoms with Crippen LogP contribution in [0.25, 0.3) is 0 Å². The van der Waals surface area contributed by atoms with Crippen molar-refractivity contribution in [2.45, 2.75) is 13.8 Å². The van der Waals surface area contributed by atoms with Crippen LogP contribution in [0.1, 0.15) is 37.4 Å². The molecule has 0 aliphatic heterocycles. The van der Waals surface area contributed by atoms with Crippen molar-refractivity contribution in [1.29, 1.82) is 0 Å². The molecule has 0 aromatic heterocycles. The summed E-state index contributed by atoms with van der Waals surface area (Å²) in [5.74, 6) is -2.07. The van der Waals surface area contributed by atoms with Crippen LogP contribution in [0, 0.1) is 13.8 Å². The minimum absolute atomic E-state index is 0.00461. The van der Waals surface area contributed by atoms with Crippen LogP contribution in [-0.2, 0) is 9.53 Å². The molecule has 0 spiro atoms. The van der Waals surface area contributed by atoms with Crippen LogP contribution < -0.4 is 10.6 Å². The Bertz CT molecular complexity index is 1220. The van der Waals surface area contributed by atoms with Crippen molar-refractivity contribution in [2.75, 3.05) is 11.9 Å². The molecule has 0 saturated carbocycles. The number of amides is 3. The maximum absolute atomic E-state index is 12.8. The molecule has 0 unspecified atom stereocenters. The van der Waals surface area contributed by atoms with Crippen molar-refractivity contribution in [3.05, 3.63) is 99.6 Å². The number of anilines is 1. The maximum atomic E-state index is 12.8. The first-order valence-corrected chi connectivity index (χ1v) is 10.4. The smallest absolute Gasteiger partial charge is 0.339 e. The van der Waals surface area contributed by atoms with E-state index in [1.54, 1.807) is 42.5 Å². The Morgan fingerprint density at radius 2 is 1.55 bits per heavy atom. The molecular formula is C25H21ClN2O5. The molecule has 3 aromatic carbocycles. The van der Waals surface area contributed by atoms with Crippen molar-refractivity contribution in [2.24, 2.45) is 0 Å². The van der Waals surface area contributed by atoms with Gasteiger partial charge >= 0.3 is 12.0 Å². The van der Waals surface area contributed by atoms with Gasteiger partial charge < -0.3 is 10.1 Å². The summed E-state index contributed by atoms with van der Waals surface area (Å²) in [6.07, 6.45) is 0. The number of hydrogen-bond donors (Lipinski definition) is 2. The number of ketones is 1.